The zero-order valence-electron chi connectivity index (χ0n) is 11.9. The molecule has 0 heterocycles. The second-order valence-electron chi connectivity index (χ2n) is 6.01. The Balaban J connectivity index is 2.34. The fourth-order valence-electron chi connectivity index (χ4n) is 3.29. The lowest BCUT2D eigenvalue weighted by Gasteiger charge is -2.31. The lowest BCUT2D eigenvalue weighted by molar-refractivity contribution is 0.0515. The van der Waals surface area contributed by atoms with Crippen LogP contribution in [0.4, 0.5) is 0 Å². The predicted molar refractivity (Wildman–Crippen MR) is 76.6 cm³/mol. The summed E-state index contributed by atoms with van der Waals surface area (Å²) >= 11 is 0. The van der Waals surface area contributed by atoms with Crippen LogP contribution < -0.4 is 0 Å². The van der Waals surface area contributed by atoms with Crippen molar-refractivity contribution in [2.24, 2.45) is 5.41 Å². The van der Waals surface area contributed by atoms with E-state index in [1.807, 2.05) is 26.0 Å². The molecule has 1 atom stereocenters. The van der Waals surface area contributed by atoms with E-state index in [0.717, 1.165) is 42.4 Å². The summed E-state index contributed by atoms with van der Waals surface area (Å²) in [5.41, 5.74) is 2.61. The third kappa shape index (κ3) is 2.98. The summed E-state index contributed by atoms with van der Waals surface area (Å²) in [5, 5.41) is 20.4. The molecule has 1 aliphatic carbocycles. The van der Waals surface area contributed by atoms with Gasteiger partial charge < -0.3 is 5.11 Å². The van der Waals surface area contributed by atoms with Gasteiger partial charge in [-0.1, -0.05) is 55.0 Å². The molecule has 1 fully saturated rings. The molecule has 1 N–H and O–H groups in total. The van der Waals surface area contributed by atoms with Crippen molar-refractivity contribution in [3.05, 3.63) is 34.9 Å². The maximum absolute atomic E-state index is 10.7. The van der Waals surface area contributed by atoms with E-state index in [1.54, 1.807) is 0 Å². The highest BCUT2D eigenvalue weighted by molar-refractivity contribution is 5.32. The second kappa shape index (κ2) is 5.75. The van der Waals surface area contributed by atoms with Gasteiger partial charge in [0.05, 0.1) is 17.6 Å². The van der Waals surface area contributed by atoms with Crippen LogP contribution in [0.25, 0.3) is 0 Å². The molecule has 1 unspecified atom stereocenters. The maximum Gasteiger partial charge on any atom is 0.0976 e. The third-order valence-corrected chi connectivity index (χ3v) is 4.30. The largest absolute Gasteiger partial charge is 0.387 e. The Labute approximate surface area is 116 Å². The number of hydrogen-bond donors (Lipinski definition) is 1. The van der Waals surface area contributed by atoms with Gasteiger partial charge in [-0.3, -0.25) is 0 Å². The minimum Gasteiger partial charge on any atom is -0.387 e. The van der Waals surface area contributed by atoms with Gasteiger partial charge in [-0.15, -0.1) is 0 Å². The van der Waals surface area contributed by atoms with Gasteiger partial charge in [-0.2, -0.15) is 5.26 Å². The van der Waals surface area contributed by atoms with Crippen molar-refractivity contribution in [3.8, 4) is 6.07 Å². The van der Waals surface area contributed by atoms with Crippen molar-refractivity contribution >= 4 is 0 Å². The highest BCUT2D eigenvalue weighted by Gasteiger charge is 2.39. The van der Waals surface area contributed by atoms with E-state index in [2.05, 4.69) is 12.1 Å². The van der Waals surface area contributed by atoms with Crippen molar-refractivity contribution in [2.75, 3.05) is 0 Å². The first-order chi connectivity index (χ1) is 9.07. The molecule has 0 aromatic heterocycles. The molecule has 0 spiro atoms. The molecule has 1 saturated carbocycles. The molecule has 0 radical (unpaired) electrons. The average Bonchev–Trinajstić information content (AvgIpc) is 2.63. The number of aliphatic hydroxyl groups is 1. The normalized spacial score (nSPS) is 20.3. The van der Waals surface area contributed by atoms with E-state index in [0.29, 0.717) is 0 Å². The molecular formula is C17H23NO. The van der Waals surface area contributed by atoms with Gasteiger partial charge in [-0.05, 0) is 32.3 Å². The summed E-state index contributed by atoms with van der Waals surface area (Å²) in [6, 6.07) is 8.58. The molecule has 0 saturated heterocycles. The number of nitriles is 1. The van der Waals surface area contributed by atoms with Crippen LogP contribution in [0.3, 0.4) is 0 Å². The third-order valence-electron chi connectivity index (χ3n) is 4.30. The minimum absolute atomic E-state index is 0.587. The van der Waals surface area contributed by atoms with E-state index < -0.39 is 11.5 Å². The van der Waals surface area contributed by atoms with Crippen molar-refractivity contribution in [3.63, 3.8) is 0 Å². The number of benzene rings is 1. The van der Waals surface area contributed by atoms with Crippen LogP contribution in [0.1, 0.15) is 61.3 Å². The van der Waals surface area contributed by atoms with Crippen LogP contribution in [0, 0.1) is 30.6 Å². The quantitative estimate of drug-likeness (QED) is 0.807. The van der Waals surface area contributed by atoms with Crippen LogP contribution in [-0.2, 0) is 0 Å². The molecule has 2 nitrogen and oxygen atoms in total. The molecule has 2 heteroatoms. The van der Waals surface area contributed by atoms with Crippen molar-refractivity contribution < 1.29 is 5.11 Å². The van der Waals surface area contributed by atoms with Crippen molar-refractivity contribution in [2.45, 2.75) is 58.5 Å². The topological polar surface area (TPSA) is 44.0 Å². The SMILES string of the molecule is Cc1cc(C)cc(C(O)C2(C#N)CCCCCC2)c1. The molecular weight excluding hydrogens is 234 g/mol. The van der Waals surface area contributed by atoms with E-state index in [4.69, 9.17) is 0 Å². The Morgan fingerprint density at radius 1 is 1.05 bits per heavy atom. The smallest absolute Gasteiger partial charge is 0.0976 e. The molecule has 1 aromatic carbocycles. The van der Waals surface area contributed by atoms with Gasteiger partial charge >= 0.3 is 0 Å². The highest BCUT2D eigenvalue weighted by Crippen LogP contribution is 2.44. The number of aryl methyl sites for hydroxylation is 2. The highest BCUT2D eigenvalue weighted by atomic mass is 16.3. The molecule has 102 valence electrons. The summed E-state index contributed by atoms with van der Waals surface area (Å²) in [6.45, 7) is 4.07. The zero-order chi connectivity index (χ0) is 13.9. The molecule has 1 aliphatic rings. The van der Waals surface area contributed by atoms with E-state index in [1.165, 1.54) is 12.8 Å². The second-order valence-corrected chi connectivity index (χ2v) is 6.01. The Morgan fingerprint density at radius 2 is 1.58 bits per heavy atom. The molecule has 0 amide bonds. The van der Waals surface area contributed by atoms with E-state index in [-0.39, 0.29) is 0 Å². The summed E-state index contributed by atoms with van der Waals surface area (Å²) in [6.07, 6.45) is 5.45. The Hall–Kier alpha value is -1.33. The van der Waals surface area contributed by atoms with Gasteiger partial charge in [0, 0.05) is 0 Å². The van der Waals surface area contributed by atoms with E-state index in [9.17, 15) is 10.4 Å². The first kappa shape index (κ1) is 14.1. The zero-order valence-corrected chi connectivity index (χ0v) is 11.9. The summed E-state index contributed by atoms with van der Waals surface area (Å²) in [5.74, 6) is 0. The molecule has 2 rings (SSSR count). The van der Waals surface area contributed by atoms with Gasteiger partial charge in [0.15, 0.2) is 0 Å². The number of rotatable bonds is 2. The van der Waals surface area contributed by atoms with Gasteiger partial charge in [0.25, 0.3) is 0 Å². The lowest BCUT2D eigenvalue weighted by Crippen LogP contribution is -2.27. The van der Waals surface area contributed by atoms with Crippen LogP contribution in [0.15, 0.2) is 18.2 Å². The summed E-state index contributed by atoms with van der Waals surface area (Å²) < 4.78 is 0. The van der Waals surface area contributed by atoms with E-state index >= 15 is 0 Å². The van der Waals surface area contributed by atoms with Crippen molar-refractivity contribution in [1.82, 2.24) is 0 Å². The maximum atomic E-state index is 10.7. The summed E-state index contributed by atoms with van der Waals surface area (Å²) in [7, 11) is 0. The number of nitrogens with zero attached hydrogens (tertiary/aromatic N) is 1. The number of hydrogen-bond acceptors (Lipinski definition) is 2. The lowest BCUT2D eigenvalue weighted by atomic mass is 9.74. The fourth-order valence-corrected chi connectivity index (χ4v) is 3.29. The first-order valence-corrected chi connectivity index (χ1v) is 7.25. The molecule has 0 aliphatic heterocycles. The fraction of sp³-hybridized carbons (Fsp3) is 0.588. The van der Waals surface area contributed by atoms with Crippen molar-refractivity contribution in [1.29, 1.82) is 5.26 Å². The Kier molecular flexibility index (Phi) is 4.27. The van der Waals surface area contributed by atoms with Gasteiger partial charge in [-0.25, -0.2) is 0 Å². The monoisotopic (exact) mass is 257 g/mol. The van der Waals surface area contributed by atoms with Gasteiger partial charge in [0.2, 0.25) is 0 Å². The molecule has 1 aromatic rings. The molecule has 0 bridgehead atoms. The van der Waals surface area contributed by atoms with Gasteiger partial charge in [0.1, 0.15) is 0 Å². The summed E-state index contributed by atoms with van der Waals surface area (Å²) in [4.78, 5) is 0. The number of aliphatic hydroxyl groups excluding tert-OH is 1. The van der Waals surface area contributed by atoms with Crippen LogP contribution in [0.5, 0.6) is 0 Å². The minimum atomic E-state index is -0.658. The standard InChI is InChI=1S/C17H23NO/c1-13-9-14(2)11-15(10-13)16(19)17(12-18)7-5-3-4-6-8-17/h9-11,16,19H,3-8H2,1-2H3. The predicted octanol–water partition coefficient (Wildman–Crippen LogP) is 4.20. The van der Waals surface area contributed by atoms with Crippen LogP contribution in [0.2, 0.25) is 0 Å². The van der Waals surface area contributed by atoms with Crippen LogP contribution >= 0.6 is 0 Å². The van der Waals surface area contributed by atoms with Crippen LogP contribution in [-0.4, -0.2) is 5.11 Å². The first-order valence-electron chi connectivity index (χ1n) is 7.25. The average molecular weight is 257 g/mol. The Morgan fingerprint density at radius 3 is 2.05 bits per heavy atom. The Bertz CT molecular complexity index is 458. The molecule has 19 heavy (non-hydrogen) atoms.